The van der Waals surface area contributed by atoms with Crippen LogP contribution >= 0.6 is 0 Å². The van der Waals surface area contributed by atoms with Gasteiger partial charge in [-0.25, -0.2) is 0 Å². The molecule has 1 aromatic rings. The lowest BCUT2D eigenvalue weighted by atomic mass is 9.97. The van der Waals surface area contributed by atoms with Crippen molar-refractivity contribution in [1.82, 2.24) is 15.8 Å². The van der Waals surface area contributed by atoms with Crippen molar-refractivity contribution in [2.45, 2.75) is 58.4 Å². The molecule has 2 N–H and O–H groups in total. The Labute approximate surface area is 133 Å². The quantitative estimate of drug-likeness (QED) is 0.480. The van der Waals surface area contributed by atoms with Crippen molar-refractivity contribution in [3.05, 3.63) is 29.2 Å². The molecule has 0 fully saturated rings. The molecule has 0 unspecified atom stereocenters. The summed E-state index contributed by atoms with van der Waals surface area (Å²) >= 11 is 0. The van der Waals surface area contributed by atoms with Gasteiger partial charge in [-0.15, -0.1) is 0 Å². The molecule has 22 heavy (non-hydrogen) atoms. The van der Waals surface area contributed by atoms with E-state index in [-0.39, 0.29) is 0 Å². The summed E-state index contributed by atoms with van der Waals surface area (Å²) in [6.07, 6.45) is 8.66. The summed E-state index contributed by atoms with van der Waals surface area (Å²) in [6.45, 7) is 5.73. The highest BCUT2D eigenvalue weighted by molar-refractivity contribution is 5.79. The van der Waals surface area contributed by atoms with E-state index in [2.05, 4.69) is 40.7 Å². The van der Waals surface area contributed by atoms with Gasteiger partial charge in [-0.3, -0.25) is 4.99 Å². The number of aliphatic imine (C=N–C) groups is 1. The van der Waals surface area contributed by atoms with Gasteiger partial charge in [-0.05, 0) is 38.0 Å². The smallest absolute Gasteiger partial charge is 0.191 e. The topological polar surface area (TPSA) is 62.5 Å². The molecule has 0 saturated carbocycles. The van der Waals surface area contributed by atoms with Gasteiger partial charge in [-0.1, -0.05) is 30.7 Å². The Morgan fingerprint density at radius 2 is 2.23 bits per heavy atom. The third-order valence-corrected chi connectivity index (χ3v) is 3.95. The minimum Gasteiger partial charge on any atom is -0.359 e. The summed E-state index contributed by atoms with van der Waals surface area (Å²) in [7, 11) is 1.79. The van der Waals surface area contributed by atoms with Gasteiger partial charge >= 0.3 is 0 Å². The molecule has 2 rings (SSSR count). The van der Waals surface area contributed by atoms with Crippen LogP contribution in [-0.2, 0) is 6.54 Å². The second-order valence-electron chi connectivity index (χ2n) is 6.08. The predicted octanol–water partition coefficient (Wildman–Crippen LogP) is 3.35. The maximum atomic E-state index is 5.32. The van der Waals surface area contributed by atoms with Gasteiger partial charge in [0, 0.05) is 19.7 Å². The average molecular weight is 304 g/mol. The van der Waals surface area contributed by atoms with Crippen molar-refractivity contribution < 1.29 is 4.52 Å². The van der Waals surface area contributed by atoms with Crippen LogP contribution in [0.25, 0.3) is 0 Å². The van der Waals surface area contributed by atoms with Crippen LogP contribution in [0.2, 0.25) is 0 Å². The Kier molecular flexibility index (Phi) is 6.49. The number of guanidine groups is 1. The number of nitrogens with one attached hydrogen (secondary N) is 2. The summed E-state index contributed by atoms with van der Waals surface area (Å²) in [6, 6.07) is 2.00. The highest BCUT2D eigenvalue weighted by atomic mass is 16.5. The number of allylic oxidation sites excluding steroid dienone is 1. The monoisotopic (exact) mass is 304 g/mol. The first-order valence-electron chi connectivity index (χ1n) is 8.27. The minimum absolute atomic E-state index is 0.388. The third kappa shape index (κ3) is 5.20. The van der Waals surface area contributed by atoms with Gasteiger partial charge < -0.3 is 15.2 Å². The molecule has 0 atom stereocenters. The van der Waals surface area contributed by atoms with Crippen molar-refractivity contribution in [1.29, 1.82) is 0 Å². The van der Waals surface area contributed by atoms with Crippen LogP contribution in [0.4, 0.5) is 0 Å². The SMILES string of the molecule is CN=C(NCCC1=CCCCC1)NCc1cc(C(C)C)no1. The number of nitrogens with zero attached hydrogens (tertiary/aromatic N) is 2. The van der Waals surface area contributed by atoms with E-state index in [9.17, 15) is 0 Å². The fourth-order valence-corrected chi connectivity index (χ4v) is 2.55. The second kappa shape index (κ2) is 8.61. The lowest BCUT2D eigenvalue weighted by Crippen LogP contribution is -2.37. The molecule has 1 aliphatic rings. The molecule has 0 bridgehead atoms. The van der Waals surface area contributed by atoms with Crippen LogP contribution in [0, 0.1) is 0 Å². The maximum absolute atomic E-state index is 5.32. The zero-order chi connectivity index (χ0) is 15.8. The summed E-state index contributed by atoms with van der Waals surface area (Å²) in [5.74, 6) is 2.03. The molecule has 1 heterocycles. The largest absolute Gasteiger partial charge is 0.359 e. The van der Waals surface area contributed by atoms with Crippen molar-refractivity contribution in [3.63, 3.8) is 0 Å². The standard InChI is InChI=1S/C17H28N4O/c1-13(2)16-11-15(22-21-16)12-20-17(18-3)19-10-9-14-7-5-4-6-8-14/h7,11,13H,4-6,8-10,12H2,1-3H3,(H2,18,19,20). The van der Waals surface area contributed by atoms with E-state index in [1.807, 2.05) is 6.07 Å². The Bertz CT molecular complexity index is 516. The first-order valence-corrected chi connectivity index (χ1v) is 8.27. The fourth-order valence-electron chi connectivity index (χ4n) is 2.55. The number of aromatic nitrogens is 1. The molecule has 0 saturated heterocycles. The molecule has 122 valence electrons. The number of rotatable bonds is 6. The van der Waals surface area contributed by atoms with E-state index >= 15 is 0 Å². The lowest BCUT2D eigenvalue weighted by molar-refractivity contribution is 0.372. The fraction of sp³-hybridized carbons (Fsp3) is 0.647. The summed E-state index contributed by atoms with van der Waals surface area (Å²) in [4.78, 5) is 4.24. The Balaban J connectivity index is 1.71. The van der Waals surface area contributed by atoms with Gasteiger partial charge in [0.05, 0.1) is 12.2 Å². The summed E-state index contributed by atoms with van der Waals surface area (Å²) in [5.41, 5.74) is 2.56. The molecular weight excluding hydrogens is 276 g/mol. The van der Waals surface area contributed by atoms with Crippen molar-refractivity contribution >= 4 is 5.96 Å². The molecule has 0 aromatic carbocycles. The summed E-state index contributed by atoms with van der Waals surface area (Å²) < 4.78 is 5.32. The summed E-state index contributed by atoms with van der Waals surface area (Å²) in [5, 5.41) is 10.7. The van der Waals surface area contributed by atoms with Gasteiger partial charge in [0.1, 0.15) is 0 Å². The van der Waals surface area contributed by atoms with Crippen LogP contribution in [-0.4, -0.2) is 24.7 Å². The third-order valence-electron chi connectivity index (χ3n) is 3.95. The molecule has 0 amide bonds. The Morgan fingerprint density at radius 1 is 1.36 bits per heavy atom. The first kappa shape index (κ1) is 16.6. The van der Waals surface area contributed by atoms with Crippen LogP contribution in [0.5, 0.6) is 0 Å². The van der Waals surface area contributed by atoms with Gasteiger partial charge in [0.25, 0.3) is 0 Å². The molecule has 1 aliphatic carbocycles. The van der Waals surface area contributed by atoms with E-state index in [0.717, 1.165) is 30.4 Å². The van der Waals surface area contributed by atoms with E-state index in [4.69, 9.17) is 4.52 Å². The van der Waals surface area contributed by atoms with E-state index in [0.29, 0.717) is 12.5 Å². The minimum atomic E-state index is 0.388. The van der Waals surface area contributed by atoms with Crippen LogP contribution in [0.15, 0.2) is 27.2 Å². The zero-order valence-corrected chi connectivity index (χ0v) is 14.0. The maximum Gasteiger partial charge on any atom is 0.191 e. The van der Waals surface area contributed by atoms with Gasteiger partial charge in [0.15, 0.2) is 11.7 Å². The van der Waals surface area contributed by atoms with E-state index in [1.165, 1.54) is 25.7 Å². The molecular formula is C17H28N4O. The predicted molar refractivity (Wildman–Crippen MR) is 90.0 cm³/mol. The second-order valence-corrected chi connectivity index (χ2v) is 6.08. The molecule has 0 radical (unpaired) electrons. The van der Waals surface area contributed by atoms with Crippen molar-refractivity contribution in [2.24, 2.45) is 4.99 Å². The number of hydrogen-bond acceptors (Lipinski definition) is 3. The molecule has 1 aromatic heterocycles. The zero-order valence-electron chi connectivity index (χ0n) is 14.0. The van der Waals surface area contributed by atoms with Crippen LogP contribution in [0.1, 0.15) is 63.3 Å². The highest BCUT2D eigenvalue weighted by Crippen LogP contribution is 2.19. The molecule has 0 aliphatic heterocycles. The van der Waals surface area contributed by atoms with Crippen molar-refractivity contribution in [2.75, 3.05) is 13.6 Å². The first-order chi connectivity index (χ1) is 10.7. The molecule has 0 spiro atoms. The van der Waals surface area contributed by atoms with E-state index < -0.39 is 0 Å². The average Bonchev–Trinajstić information content (AvgIpc) is 3.01. The molecule has 5 nitrogen and oxygen atoms in total. The Morgan fingerprint density at radius 3 is 2.86 bits per heavy atom. The van der Waals surface area contributed by atoms with E-state index in [1.54, 1.807) is 12.6 Å². The van der Waals surface area contributed by atoms with Crippen molar-refractivity contribution in [3.8, 4) is 0 Å². The van der Waals surface area contributed by atoms with Crippen LogP contribution in [0.3, 0.4) is 0 Å². The Hall–Kier alpha value is -1.78. The highest BCUT2D eigenvalue weighted by Gasteiger charge is 2.08. The lowest BCUT2D eigenvalue weighted by Gasteiger charge is -2.14. The van der Waals surface area contributed by atoms with Crippen LogP contribution < -0.4 is 10.6 Å². The normalized spacial score (nSPS) is 15.8. The van der Waals surface area contributed by atoms with Gasteiger partial charge in [-0.2, -0.15) is 0 Å². The van der Waals surface area contributed by atoms with Gasteiger partial charge in [0.2, 0.25) is 0 Å². The molecule has 5 heteroatoms. The number of hydrogen-bond donors (Lipinski definition) is 2.